The molecule has 0 unspecified atom stereocenters. The van der Waals surface area contributed by atoms with Gasteiger partial charge in [0.25, 0.3) is 5.91 Å². The zero-order valence-electron chi connectivity index (χ0n) is 17.1. The molecular formula is C24H31N3O. The van der Waals surface area contributed by atoms with Gasteiger partial charge in [0.1, 0.15) is 5.69 Å². The minimum atomic E-state index is 0.0182. The van der Waals surface area contributed by atoms with Gasteiger partial charge in [-0.1, -0.05) is 49.2 Å². The monoisotopic (exact) mass is 377 g/mol. The highest BCUT2D eigenvalue weighted by molar-refractivity contribution is 5.93. The SMILES string of the molecule is CN1CCCCC[C@@H]2N(C(=O)c3ccccn3)[C@H](Cc3ccccc3)C[C@@]21C. The predicted octanol–water partition coefficient (Wildman–Crippen LogP) is 4.17. The van der Waals surface area contributed by atoms with Gasteiger partial charge in [-0.15, -0.1) is 0 Å². The summed E-state index contributed by atoms with van der Waals surface area (Å²) in [5, 5.41) is 0. The second-order valence-electron chi connectivity index (χ2n) is 8.62. The van der Waals surface area contributed by atoms with Crippen LogP contribution < -0.4 is 0 Å². The number of rotatable bonds is 3. The van der Waals surface area contributed by atoms with Crippen molar-refractivity contribution in [3.05, 3.63) is 66.0 Å². The molecule has 2 aromatic rings. The highest BCUT2D eigenvalue weighted by Crippen LogP contribution is 2.42. The lowest BCUT2D eigenvalue weighted by atomic mass is 9.84. The summed E-state index contributed by atoms with van der Waals surface area (Å²) >= 11 is 0. The summed E-state index contributed by atoms with van der Waals surface area (Å²) in [4.78, 5) is 22.7. The predicted molar refractivity (Wildman–Crippen MR) is 112 cm³/mol. The first-order chi connectivity index (χ1) is 13.6. The molecule has 4 nitrogen and oxygen atoms in total. The fourth-order valence-electron chi connectivity index (χ4n) is 5.23. The molecule has 0 saturated carbocycles. The van der Waals surface area contributed by atoms with E-state index in [2.05, 4.69) is 59.1 Å². The molecule has 2 saturated heterocycles. The molecule has 3 atom stereocenters. The van der Waals surface area contributed by atoms with Gasteiger partial charge in [-0.05, 0) is 63.9 Å². The van der Waals surface area contributed by atoms with Gasteiger partial charge in [0, 0.05) is 17.8 Å². The first-order valence-corrected chi connectivity index (χ1v) is 10.6. The van der Waals surface area contributed by atoms with Gasteiger partial charge >= 0.3 is 0 Å². The maximum atomic E-state index is 13.6. The van der Waals surface area contributed by atoms with Gasteiger partial charge in [-0.3, -0.25) is 14.7 Å². The van der Waals surface area contributed by atoms with Crippen molar-refractivity contribution in [3.8, 4) is 0 Å². The minimum Gasteiger partial charge on any atom is -0.329 e. The van der Waals surface area contributed by atoms with E-state index >= 15 is 0 Å². The third-order valence-electron chi connectivity index (χ3n) is 6.87. The third-order valence-corrected chi connectivity index (χ3v) is 6.87. The Morgan fingerprint density at radius 3 is 2.64 bits per heavy atom. The molecule has 2 fully saturated rings. The number of likely N-dealkylation sites (N-methyl/N-ethyl adjacent to an activating group) is 1. The average Bonchev–Trinajstić information content (AvgIpc) is 2.99. The lowest BCUT2D eigenvalue weighted by molar-refractivity contribution is 0.0449. The van der Waals surface area contributed by atoms with Crippen molar-refractivity contribution in [3.63, 3.8) is 0 Å². The maximum absolute atomic E-state index is 13.6. The van der Waals surface area contributed by atoms with Crippen LogP contribution in [0, 0.1) is 0 Å². The molecule has 28 heavy (non-hydrogen) atoms. The summed E-state index contributed by atoms with van der Waals surface area (Å²) in [7, 11) is 2.24. The standard InChI is InChI=1S/C24H31N3O/c1-24-18-20(17-19-11-5-3-6-12-19)27(23(28)21-13-8-9-15-25-21)22(24)14-7-4-10-16-26(24)2/h3,5-6,8-9,11-13,15,20,22H,4,7,10,14,16-18H2,1-2H3/t20-,22+,24+/m1/s1. The van der Waals surface area contributed by atoms with Crippen LogP contribution in [0.25, 0.3) is 0 Å². The Labute approximate surface area is 168 Å². The molecule has 4 rings (SSSR count). The van der Waals surface area contributed by atoms with Crippen LogP contribution in [-0.2, 0) is 6.42 Å². The number of hydrogen-bond donors (Lipinski definition) is 0. The molecule has 0 N–H and O–H groups in total. The number of fused-ring (bicyclic) bond motifs is 1. The van der Waals surface area contributed by atoms with Crippen LogP contribution in [0.1, 0.15) is 55.1 Å². The molecule has 148 valence electrons. The smallest absolute Gasteiger partial charge is 0.273 e. The molecule has 3 heterocycles. The fourth-order valence-corrected chi connectivity index (χ4v) is 5.23. The van der Waals surface area contributed by atoms with E-state index in [4.69, 9.17) is 0 Å². The van der Waals surface area contributed by atoms with Gasteiger partial charge in [-0.2, -0.15) is 0 Å². The number of benzene rings is 1. The van der Waals surface area contributed by atoms with E-state index < -0.39 is 0 Å². The van der Waals surface area contributed by atoms with Crippen molar-refractivity contribution in [1.29, 1.82) is 0 Å². The molecule has 0 radical (unpaired) electrons. The summed E-state index contributed by atoms with van der Waals surface area (Å²) < 4.78 is 0. The van der Waals surface area contributed by atoms with Crippen LogP contribution in [0.5, 0.6) is 0 Å². The van der Waals surface area contributed by atoms with E-state index in [9.17, 15) is 4.79 Å². The maximum Gasteiger partial charge on any atom is 0.273 e. The number of carbonyl (C=O) groups is 1. The molecule has 0 spiro atoms. The van der Waals surface area contributed by atoms with E-state index in [1.54, 1.807) is 6.20 Å². The fraction of sp³-hybridized carbons (Fsp3) is 0.500. The second kappa shape index (κ2) is 8.04. The molecular weight excluding hydrogens is 346 g/mol. The van der Waals surface area contributed by atoms with Crippen LogP contribution in [-0.4, -0.2) is 51.9 Å². The van der Waals surface area contributed by atoms with E-state index in [1.165, 1.54) is 24.8 Å². The van der Waals surface area contributed by atoms with E-state index in [1.807, 2.05) is 18.2 Å². The second-order valence-corrected chi connectivity index (χ2v) is 8.62. The Bertz CT molecular complexity index is 794. The molecule has 1 aromatic heterocycles. The van der Waals surface area contributed by atoms with Crippen LogP contribution in [0.2, 0.25) is 0 Å². The van der Waals surface area contributed by atoms with Gasteiger partial charge < -0.3 is 4.90 Å². The molecule has 4 heteroatoms. The number of pyridine rings is 1. The van der Waals surface area contributed by atoms with Crippen LogP contribution >= 0.6 is 0 Å². The van der Waals surface area contributed by atoms with Crippen LogP contribution in [0.4, 0.5) is 0 Å². The van der Waals surface area contributed by atoms with Gasteiger partial charge in [0.2, 0.25) is 0 Å². The van der Waals surface area contributed by atoms with Gasteiger partial charge in [0.15, 0.2) is 0 Å². The molecule has 1 amide bonds. The highest BCUT2D eigenvalue weighted by atomic mass is 16.2. The van der Waals surface area contributed by atoms with Crippen LogP contribution in [0.3, 0.4) is 0 Å². The molecule has 0 bridgehead atoms. The minimum absolute atomic E-state index is 0.0182. The van der Waals surface area contributed by atoms with Crippen molar-refractivity contribution >= 4 is 5.91 Å². The lowest BCUT2D eigenvalue weighted by Gasteiger charge is -2.43. The average molecular weight is 378 g/mol. The Kier molecular flexibility index (Phi) is 5.49. The first-order valence-electron chi connectivity index (χ1n) is 10.6. The van der Waals surface area contributed by atoms with E-state index in [-0.39, 0.29) is 23.5 Å². The Morgan fingerprint density at radius 2 is 1.89 bits per heavy atom. The van der Waals surface area contributed by atoms with Crippen LogP contribution in [0.15, 0.2) is 54.7 Å². The lowest BCUT2D eigenvalue weighted by Crippen LogP contribution is -2.55. The molecule has 1 aromatic carbocycles. The number of hydrogen-bond acceptors (Lipinski definition) is 3. The largest absolute Gasteiger partial charge is 0.329 e. The molecule has 2 aliphatic rings. The van der Waals surface area contributed by atoms with Crippen molar-refractivity contribution in [2.75, 3.05) is 13.6 Å². The van der Waals surface area contributed by atoms with Crippen molar-refractivity contribution in [2.24, 2.45) is 0 Å². The highest BCUT2D eigenvalue weighted by Gasteiger charge is 2.53. The van der Waals surface area contributed by atoms with Gasteiger partial charge in [-0.25, -0.2) is 0 Å². The number of likely N-dealkylation sites (tertiary alicyclic amines) is 2. The normalized spacial score (nSPS) is 28.4. The number of aromatic nitrogens is 1. The van der Waals surface area contributed by atoms with E-state index in [0.717, 1.165) is 25.8 Å². The zero-order chi connectivity index (χ0) is 19.6. The van der Waals surface area contributed by atoms with Gasteiger partial charge in [0.05, 0.1) is 6.04 Å². The van der Waals surface area contributed by atoms with E-state index in [0.29, 0.717) is 5.69 Å². The topological polar surface area (TPSA) is 36.4 Å². The summed E-state index contributed by atoms with van der Waals surface area (Å²) in [5.41, 5.74) is 1.88. The quantitative estimate of drug-likeness (QED) is 0.805. The number of nitrogens with zero attached hydrogens (tertiary/aromatic N) is 3. The summed E-state index contributed by atoms with van der Waals surface area (Å²) in [6, 6.07) is 16.7. The summed E-state index contributed by atoms with van der Waals surface area (Å²) in [5.74, 6) is 0.0872. The summed E-state index contributed by atoms with van der Waals surface area (Å²) in [6.07, 6.45) is 8.39. The molecule has 2 aliphatic heterocycles. The Hall–Kier alpha value is -2.20. The van der Waals surface area contributed by atoms with Crippen molar-refractivity contribution < 1.29 is 4.79 Å². The first kappa shape index (κ1) is 19.1. The van der Waals surface area contributed by atoms with Crippen molar-refractivity contribution in [1.82, 2.24) is 14.8 Å². The third kappa shape index (κ3) is 3.58. The summed E-state index contributed by atoms with van der Waals surface area (Å²) in [6.45, 7) is 3.48. The van der Waals surface area contributed by atoms with Crippen molar-refractivity contribution in [2.45, 2.75) is 63.1 Å². The number of amides is 1. The zero-order valence-corrected chi connectivity index (χ0v) is 17.1. The molecule has 0 aliphatic carbocycles. The number of carbonyl (C=O) groups excluding carboxylic acids is 1. The Balaban J connectivity index is 1.71. The Morgan fingerprint density at radius 1 is 1.11 bits per heavy atom.